The fraction of sp³-hybridized carbons (Fsp3) is 0.182. The molecule has 0 unspecified atom stereocenters. The fourth-order valence-corrected chi connectivity index (χ4v) is 1.48. The molecule has 0 amide bonds. The van der Waals surface area contributed by atoms with E-state index in [1.165, 1.54) is 6.20 Å². The number of hydrogen-bond donors (Lipinski definition) is 1. The van der Waals surface area contributed by atoms with Gasteiger partial charge in [0.05, 0.1) is 4.92 Å². The zero-order chi connectivity index (χ0) is 12.8. The fourth-order valence-electron chi connectivity index (χ4n) is 1.48. The third kappa shape index (κ3) is 2.81. The molecule has 0 atom stereocenters. The molecule has 1 heterocycles. The van der Waals surface area contributed by atoms with Gasteiger partial charge in [-0.2, -0.15) is 0 Å². The lowest BCUT2D eigenvalue weighted by Crippen LogP contribution is -2.24. The summed E-state index contributed by atoms with van der Waals surface area (Å²) in [4.78, 5) is 15.9. The molecule has 0 aliphatic carbocycles. The average Bonchev–Trinajstić information content (AvgIpc) is 2.28. The van der Waals surface area contributed by atoms with Crippen molar-refractivity contribution < 1.29 is 4.92 Å². The molecule has 0 spiro atoms. The van der Waals surface area contributed by atoms with Crippen molar-refractivity contribution in [2.24, 2.45) is 0 Å². The Morgan fingerprint density at radius 1 is 1.47 bits per heavy atom. The Labute approximate surface area is 99.2 Å². The topological polar surface area (TPSA) is 85.3 Å². The van der Waals surface area contributed by atoms with Crippen LogP contribution in [0.1, 0.15) is 0 Å². The first kappa shape index (κ1) is 12.7. The van der Waals surface area contributed by atoms with Crippen LogP contribution in [0.5, 0.6) is 0 Å². The van der Waals surface area contributed by atoms with Gasteiger partial charge in [-0.3, -0.25) is 10.1 Å². The predicted octanol–water partition coefficient (Wildman–Crippen LogP) is 1.75. The van der Waals surface area contributed by atoms with Crippen molar-refractivity contribution in [3.05, 3.63) is 47.7 Å². The van der Waals surface area contributed by atoms with Crippen LogP contribution in [0.3, 0.4) is 0 Å². The first-order valence-corrected chi connectivity index (χ1v) is 4.97. The summed E-state index contributed by atoms with van der Waals surface area (Å²) in [5.41, 5.74) is 5.76. The molecule has 2 N–H and O–H groups in total. The summed E-state index contributed by atoms with van der Waals surface area (Å²) in [7, 11) is 0. The summed E-state index contributed by atoms with van der Waals surface area (Å²) in [6.07, 6.45) is 4.75. The smallest absolute Gasteiger partial charge is 0.334 e. The van der Waals surface area contributed by atoms with Crippen LogP contribution in [0.4, 0.5) is 17.2 Å². The molecule has 1 rings (SSSR count). The van der Waals surface area contributed by atoms with E-state index in [2.05, 4.69) is 18.1 Å². The van der Waals surface area contributed by atoms with Crippen LogP contribution in [-0.2, 0) is 0 Å². The van der Waals surface area contributed by atoms with Crippen molar-refractivity contribution in [2.45, 2.75) is 0 Å². The van der Waals surface area contributed by atoms with Gasteiger partial charge < -0.3 is 10.6 Å². The van der Waals surface area contributed by atoms with Gasteiger partial charge in [0.1, 0.15) is 5.69 Å². The minimum absolute atomic E-state index is 0.0920. The Morgan fingerprint density at radius 2 is 2.06 bits per heavy atom. The standard InChI is InChI=1S/C11H14N4O2/c1-3-7-14(8-4-2)9-5-6-13-11(12)10(9)15(16)17/h3-6H,1-2,7-8H2,(H2,12,13). The predicted molar refractivity (Wildman–Crippen MR) is 67.9 cm³/mol. The molecule has 1 aromatic heterocycles. The van der Waals surface area contributed by atoms with E-state index in [9.17, 15) is 10.1 Å². The number of nitro groups is 1. The molecule has 0 saturated heterocycles. The second kappa shape index (κ2) is 5.64. The lowest BCUT2D eigenvalue weighted by molar-refractivity contribution is -0.383. The van der Waals surface area contributed by atoms with Crippen LogP contribution >= 0.6 is 0 Å². The Kier molecular flexibility index (Phi) is 4.21. The minimum atomic E-state index is -0.531. The van der Waals surface area contributed by atoms with Crippen molar-refractivity contribution >= 4 is 17.2 Å². The van der Waals surface area contributed by atoms with Gasteiger partial charge in [-0.15, -0.1) is 13.2 Å². The number of aromatic nitrogens is 1. The Balaban J connectivity index is 3.26. The highest BCUT2D eigenvalue weighted by Gasteiger charge is 2.22. The first-order chi connectivity index (χ1) is 8.11. The number of hydrogen-bond acceptors (Lipinski definition) is 5. The third-order valence-corrected chi connectivity index (χ3v) is 2.15. The van der Waals surface area contributed by atoms with Gasteiger partial charge in [-0.05, 0) is 6.07 Å². The lowest BCUT2D eigenvalue weighted by atomic mass is 10.2. The van der Waals surface area contributed by atoms with Gasteiger partial charge in [0.25, 0.3) is 0 Å². The quantitative estimate of drug-likeness (QED) is 0.460. The Hall–Kier alpha value is -2.37. The first-order valence-electron chi connectivity index (χ1n) is 4.97. The highest BCUT2D eigenvalue weighted by Crippen LogP contribution is 2.31. The van der Waals surface area contributed by atoms with E-state index in [0.717, 1.165) is 0 Å². The van der Waals surface area contributed by atoms with Crippen LogP contribution in [0.15, 0.2) is 37.6 Å². The van der Waals surface area contributed by atoms with Gasteiger partial charge in [-0.1, -0.05) is 12.2 Å². The molecule has 0 aromatic carbocycles. The molecule has 17 heavy (non-hydrogen) atoms. The maximum atomic E-state index is 11.0. The molecule has 0 bridgehead atoms. The van der Waals surface area contributed by atoms with Crippen LogP contribution in [-0.4, -0.2) is 23.0 Å². The zero-order valence-electron chi connectivity index (χ0n) is 9.37. The number of nitrogens with zero attached hydrogens (tertiary/aromatic N) is 3. The summed E-state index contributed by atoms with van der Waals surface area (Å²) < 4.78 is 0. The highest BCUT2D eigenvalue weighted by atomic mass is 16.6. The Bertz CT molecular complexity index is 435. The van der Waals surface area contributed by atoms with Crippen LogP contribution < -0.4 is 10.6 Å². The van der Waals surface area contributed by atoms with E-state index in [1.54, 1.807) is 23.1 Å². The molecule has 0 radical (unpaired) electrons. The van der Waals surface area contributed by atoms with Gasteiger partial charge in [-0.25, -0.2) is 4.98 Å². The largest absolute Gasteiger partial charge is 0.378 e. The van der Waals surface area contributed by atoms with Gasteiger partial charge in [0.2, 0.25) is 5.82 Å². The number of rotatable bonds is 6. The van der Waals surface area contributed by atoms with Crippen molar-refractivity contribution in [3.63, 3.8) is 0 Å². The molecular formula is C11H14N4O2. The van der Waals surface area contributed by atoms with E-state index in [-0.39, 0.29) is 11.5 Å². The number of nitrogens with two attached hydrogens (primary N) is 1. The second-order valence-corrected chi connectivity index (χ2v) is 3.30. The summed E-state index contributed by atoms with van der Waals surface area (Å²) >= 11 is 0. The number of anilines is 2. The van der Waals surface area contributed by atoms with E-state index < -0.39 is 4.92 Å². The van der Waals surface area contributed by atoms with E-state index in [0.29, 0.717) is 18.8 Å². The van der Waals surface area contributed by atoms with E-state index >= 15 is 0 Å². The van der Waals surface area contributed by atoms with Crippen LogP contribution in [0.25, 0.3) is 0 Å². The summed E-state index contributed by atoms with van der Waals surface area (Å²) in [6, 6.07) is 1.56. The van der Waals surface area contributed by atoms with Gasteiger partial charge >= 0.3 is 5.69 Å². The number of nitrogen functional groups attached to an aromatic ring is 1. The molecule has 6 nitrogen and oxygen atoms in total. The molecular weight excluding hydrogens is 220 g/mol. The lowest BCUT2D eigenvalue weighted by Gasteiger charge is -2.21. The van der Waals surface area contributed by atoms with E-state index in [1.807, 2.05) is 0 Å². The van der Waals surface area contributed by atoms with Crippen molar-refractivity contribution in [2.75, 3.05) is 23.7 Å². The maximum absolute atomic E-state index is 11.0. The molecule has 0 fully saturated rings. The second-order valence-electron chi connectivity index (χ2n) is 3.30. The highest BCUT2D eigenvalue weighted by molar-refractivity contribution is 5.72. The van der Waals surface area contributed by atoms with Crippen molar-refractivity contribution in [1.29, 1.82) is 0 Å². The third-order valence-electron chi connectivity index (χ3n) is 2.15. The molecule has 0 saturated carbocycles. The summed E-state index contributed by atoms with van der Waals surface area (Å²) in [5, 5.41) is 11.0. The van der Waals surface area contributed by atoms with Gasteiger partial charge in [0.15, 0.2) is 0 Å². The van der Waals surface area contributed by atoms with Crippen molar-refractivity contribution in [1.82, 2.24) is 4.98 Å². The Morgan fingerprint density at radius 3 is 2.53 bits per heavy atom. The molecule has 90 valence electrons. The summed E-state index contributed by atoms with van der Waals surface area (Å²) in [5.74, 6) is -0.0920. The average molecular weight is 234 g/mol. The molecule has 6 heteroatoms. The number of pyridine rings is 1. The van der Waals surface area contributed by atoms with Crippen molar-refractivity contribution in [3.8, 4) is 0 Å². The normalized spacial score (nSPS) is 9.65. The van der Waals surface area contributed by atoms with Crippen LogP contribution in [0.2, 0.25) is 0 Å². The summed E-state index contributed by atoms with van der Waals surface area (Å²) in [6.45, 7) is 8.16. The molecule has 1 aromatic rings. The zero-order valence-corrected chi connectivity index (χ0v) is 9.37. The SMILES string of the molecule is C=CCN(CC=C)c1ccnc(N)c1[N+](=O)[O-]. The minimum Gasteiger partial charge on any atom is -0.378 e. The molecule has 0 aliphatic rings. The van der Waals surface area contributed by atoms with E-state index in [4.69, 9.17) is 5.73 Å². The monoisotopic (exact) mass is 234 g/mol. The van der Waals surface area contributed by atoms with Gasteiger partial charge in [0, 0.05) is 19.3 Å². The maximum Gasteiger partial charge on any atom is 0.334 e. The van der Waals surface area contributed by atoms with Crippen LogP contribution in [0, 0.1) is 10.1 Å². The molecule has 0 aliphatic heterocycles.